The summed E-state index contributed by atoms with van der Waals surface area (Å²) >= 11 is 0. The van der Waals surface area contributed by atoms with Crippen molar-refractivity contribution in [2.75, 3.05) is 13.1 Å². The maximum atomic E-state index is 12.0. The molecule has 0 aromatic heterocycles. The fraction of sp³-hybridized carbons (Fsp3) is 0.923. The van der Waals surface area contributed by atoms with Crippen LogP contribution in [0.5, 0.6) is 0 Å². The van der Waals surface area contributed by atoms with Crippen molar-refractivity contribution in [2.45, 2.75) is 51.5 Å². The molecule has 16 heavy (non-hydrogen) atoms. The van der Waals surface area contributed by atoms with Gasteiger partial charge in [0.25, 0.3) is 0 Å². The summed E-state index contributed by atoms with van der Waals surface area (Å²) in [5.74, 6) is 1.49. The van der Waals surface area contributed by atoms with E-state index in [1.807, 2.05) is 0 Å². The summed E-state index contributed by atoms with van der Waals surface area (Å²) in [5, 5.41) is 0. The molecule has 2 rings (SSSR count). The smallest absolute Gasteiger partial charge is 0.223 e. The number of nitrogens with zero attached hydrogens (tertiary/aromatic N) is 1. The molecule has 1 saturated carbocycles. The molecule has 0 bridgehead atoms. The summed E-state index contributed by atoms with van der Waals surface area (Å²) in [4.78, 5) is 14.1. The van der Waals surface area contributed by atoms with Gasteiger partial charge in [-0.25, -0.2) is 0 Å². The second-order valence-electron chi connectivity index (χ2n) is 5.37. The number of carbonyl (C=O) groups excluding carboxylic acids is 1. The number of amides is 1. The summed E-state index contributed by atoms with van der Waals surface area (Å²) in [6.07, 6.45) is 7.04. The van der Waals surface area contributed by atoms with Crippen LogP contribution in [0.4, 0.5) is 0 Å². The largest absolute Gasteiger partial charge is 0.339 e. The van der Waals surface area contributed by atoms with Crippen molar-refractivity contribution in [2.24, 2.45) is 17.6 Å². The van der Waals surface area contributed by atoms with Crippen LogP contribution in [0.2, 0.25) is 0 Å². The maximum absolute atomic E-state index is 12.0. The number of rotatable bonds is 3. The Morgan fingerprint density at radius 2 is 2.12 bits per heavy atom. The highest BCUT2D eigenvalue weighted by Crippen LogP contribution is 2.33. The highest BCUT2D eigenvalue weighted by atomic mass is 16.2. The Kier molecular flexibility index (Phi) is 3.85. The number of likely N-dealkylation sites (tertiary alicyclic amines) is 1. The average Bonchev–Trinajstić information content (AvgIpc) is 2.70. The van der Waals surface area contributed by atoms with Crippen molar-refractivity contribution in [1.82, 2.24) is 4.90 Å². The van der Waals surface area contributed by atoms with Crippen LogP contribution in [0.1, 0.15) is 45.4 Å². The SMILES string of the molecule is CCC1CCCCC1N1CC(CN)CC1=O. The Labute approximate surface area is 98.4 Å². The quantitative estimate of drug-likeness (QED) is 0.794. The first-order chi connectivity index (χ1) is 7.76. The first kappa shape index (κ1) is 11.9. The van der Waals surface area contributed by atoms with E-state index in [9.17, 15) is 4.79 Å². The summed E-state index contributed by atoms with van der Waals surface area (Å²) in [7, 11) is 0. The molecule has 1 saturated heterocycles. The zero-order valence-corrected chi connectivity index (χ0v) is 10.3. The minimum absolute atomic E-state index is 0.348. The Hall–Kier alpha value is -0.570. The Morgan fingerprint density at radius 1 is 1.38 bits per heavy atom. The van der Waals surface area contributed by atoms with Gasteiger partial charge in [0.05, 0.1) is 0 Å². The van der Waals surface area contributed by atoms with Crippen molar-refractivity contribution in [1.29, 1.82) is 0 Å². The molecule has 3 atom stereocenters. The highest BCUT2D eigenvalue weighted by molar-refractivity contribution is 5.79. The van der Waals surface area contributed by atoms with E-state index in [4.69, 9.17) is 5.73 Å². The lowest BCUT2D eigenvalue weighted by Crippen LogP contribution is -2.43. The van der Waals surface area contributed by atoms with E-state index < -0.39 is 0 Å². The van der Waals surface area contributed by atoms with Crippen LogP contribution in [0.15, 0.2) is 0 Å². The van der Waals surface area contributed by atoms with E-state index in [-0.39, 0.29) is 0 Å². The van der Waals surface area contributed by atoms with Gasteiger partial charge in [0.15, 0.2) is 0 Å². The van der Waals surface area contributed by atoms with Crippen molar-refractivity contribution in [3.63, 3.8) is 0 Å². The van der Waals surface area contributed by atoms with Crippen molar-refractivity contribution in [3.05, 3.63) is 0 Å². The topological polar surface area (TPSA) is 46.3 Å². The van der Waals surface area contributed by atoms with Crippen LogP contribution in [-0.4, -0.2) is 29.9 Å². The van der Waals surface area contributed by atoms with Gasteiger partial charge in [-0.05, 0) is 31.2 Å². The normalized spacial score (nSPS) is 35.8. The fourth-order valence-corrected chi connectivity index (χ4v) is 3.36. The van der Waals surface area contributed by atoms with Gasteiger partial charge in [-0.15, -0.1) is 0 Å². The molecule has 1 amide bonds. The Bertz CT molecular complexity index is 254. The summed E-state index contributed by atoms with van der Waals surface area (Å²) in [5.41, 5.74) is 5.68. The zero-order chi connectivity index (χ0) is 11.5. The Balaban J connectivity index is 2.02. The molecular formula is C13H24N2O. The van der Waals surface area contributed by atoms with Crippen LogP contribution in [-0.2, 0) is 4.79 Å². The molecule has 0 spiro atoms. The number of hydrogen-bond donors (Lipinski definition) is 1. The number of hydrogen-bond acceptors (Lipinski definition) is 2. The monoisotopic (exact) mass is 224 g/mol. The lowest BCUT2D eigenvalue weighted by molar-refractivity contribution is -0.131. The standard InChI is InChI=1S/C13H24N2O/c1-2-11-5-3-4-6-12(11)15-9-10(8-14)7-13(15)16/h10-12H,2-9,14H2,1H3. The van der Waals surface area contributed by atoms with Crippen LogP contribution in [0, 0.1) is 11.8 Å². The summed E-state index contributed by atoms with van der Waals surface area (Å²) < 4.78 is 0. The first-order valence-electron chi connectivity index (χ1n) is 6.75. The van der Waals surface area contributed by atoms with Gasteiger partial charge in [-0.1, -0.05) is 26.2 Å². The fourth-order valence-electron chi connectivity index (χ4n) is 3.36. The third-order valence-electron chi connectivity index (χ3n) is 4.37. The molecular weight excluding hydrogens is 200 g/mol. The van der Waals surface area contributed by atoms with E-state index in [1.54, 1.807) is 0 Å². The second kappa shape index (κ2) is 5.17. The maximum Gasteiger partial charge on any atom is 0.223 e. The van der Waals surface area contributed by atoms with E-state index in [1.165, 1.54) is 32.1 Å². The molecule has 2 N–H and O–H groups in total. The summed E-state index contributed by atoms with van der Waals surface area (Å²) in [6, 6.07) is 0.516. The van der Waals surface area contributed by atoms with Crippen molar-refractivity contribution >= 4 is 5.91 Å². The Morgan fingerprint density at radius 3 is 2.75 bits per heavy atom. The molecule has 0 aromatic carbocycles. The summed E-state index contributed by atoms with van der Waals surface area (Å²) in [6.45, 7) is 3.83. The molecule has 3 heteroatoms. The average molecular weight is 224 g/mol. The minimum Gasteiger partial charge on any atom is -0.339 e. The van der Waals surface area contributed by atoms with E-state index >= 15 is 0 Å². The van der Waals surface area contributed by atoms with Crippen LogP contribution < -0.4 is 5.73 Å². The van der Waals surface area contributed by atoms with Crippen LogP contribution in [0.25, 0.3) is 0 Å². The predicted molar refractivity (Wildman–Crippen MR) is 64.9 cm³/mol. The van der Waals surface area contributed by atoms with Gasteiger partial charge in [0, 0.05) is 19.0 Å². The molecule has 3 unspecified atom stereocenters. The van der Waals surface area contributed by atoms with Gasteiger partial charge in [-0.3, -0.25) is 4.79 Å². The van der Waals surface area contributed by atoms with Gasteiger partial charge < -0.3 is 10.6 Å². The van der Waals surface area contributed by atoms with Gasteiger partial charge in [-0.2, -0.15) is 0 Å². The molecule has 1 heterocycles. The number of nitrogens with two attached hydrogens (primary N) is 1. The lowest BCUT2D eigenvalue weighted by Gasteiger charge is -2.37. The van der Waals surface area contributed by atoms with Crippen molar-refractivity contribution < 1.29 is 4.79 Å². The molecule has 2 aliphatic rings. The molecule has 1 aliphatic heterocycles. The molecule has 92 valence electrons. The van der Waals surface area contributed by atoms with Gasteiger partial charge in [0.2, 0.25) is 5.91 Å². The van der Waals surface area contributed by atoms with E-state index in [0.29, 0.717) is 30.8 Å². The predicted octanol–water partition coefficient (Wildman–Crippen LogP) is 1.76. The molecule has 2 fully saturated rings. The molecule has 3 nitrogen and oxygen atoms in total. The van der Waals surface area contributed by atoms with E-state index in [2.05, 4.69) is 11.8 Å². The molecule has 0 radical (unpaired) electrons. The van der Waals surface area contributed by atoms with E-state index in [0.717, 1.165) is 12.5 Å². The van der Waals surface area contributed by atoms with Crippen LogP contribution in [0.3, 0.4) is 0 Å². The number of carbonyl (C=O) groups is 1. The van der Waals surface area contributed by atoms with Crippen LogP contribution >= 0.6 is 0 Å². The molecule has 0 aromatic rings. The molecule has 1 aliphatic carbocycles. The first-order valence-corrected chi connectivity index (χ1v) is 6.75. The van der Waals surface area contributed by atoms with Crippen molar-refractivity contribution in [3.8, 4) is 0 Å². The third-order valence-corrected chi connectivity index (χ3v) is 4.37. The zero-order valence-electron chi connectivity index (χ0n) is 10.3. The van der Waals surface area contributed by atoms with Gasteiger partial charge >= 0.3 is 0 Å². The minimum atomic E-state index is 0.348. The third kappa shape index (κ3) is 2.24. The lowest BCUT2D eigenvalue weighted by atomic mass is 9.82. The second-order valence-corrected chi connectivity index (χ2v) is 5.37. The highest BCUT2D eigenvalue weighted by Gasteiger charge is 2.37. The van der Waals surface area contributed by atoms with Gasteiger partial charge in [0.1, 0.15) is 0 Å².